The standard InChI is InChI=1S/C15H20FN3O2/c1-19(2)9-3-8-17-15(20)14-10-13(18-21-14)11-4-6-12(16)7-5-11/h4-7,14H,3,8-10H2,1-2H3,(H,17,20). The van der Waals surface area contributed by atoms with Crippen LogP contribution < -0.4 is 5.32 Å². The van der Waals surface area contributed by atoms with E-state index in [0.29, 0.717) is 18.7 Å². The van der Waals surface area contributed by atoms with Crippen LogP contribution >= 0.6 is 0 Å². The molecule has 0 spiro atoms. The summed E-state index contributed by atoms with van der Waals surface area (Å²) >= 11 is 0. The molecule has 6 heteroatoms. The zero-order valence-electron chi connectivity index (χ0n) is 12.3. The highest BCUT2D eigenvalue weighted by molar-refractivity contribution is 6.04. The predicted molar refractivity (Wildman–Crippen MR) is 78.6 cm³/mol. The van der Waals surface area contributed by atoms with Crippen LogP contribution in [0.5, 0.6) is 0 Å². The smallest absolute Gasteiger partial charge is 0.264 e. The lowest BCUT2D eigenvalue weighted by molar-refractivity contribution is -0.131. The summed E-state index contributed by atoms with van der Waals surface area (Å²) < 4.78 is 12.9. The first-order chi connectivity index (χ1) is 10.1. The normalized spacial score (nSPS) is 17.5. The number of nitrogens with zero attached hydrogens (tertiary/aromatic N) is 2. The van der Waals surface area contributed by atoms with Gasteiger partial charge in [0, 0.05) is 13.0 Å². The Bertz CT molecular complexity index is 514. The number of rotatable bonds is 6. The van der Waals surface area contributed by atoms with Crippen molar-refractivity contribution in [3.05, 3.63) is 35.6 Å². The summed E-state index contributed by atoms with van der Waals surface area (Å²) in [5, 5.41) is 6.76. The topological polar surface area (TPSA) is 53.9 Å². The third-order valence-electron chi connectivity index (χ3n) is 3.22. The highest BCUT2D eigenvalue weighted by Gasteiger charge is 2.28. The number of carbonyl (C=O) groups excluding carboxylic acids is 1. The van der Waals surface area contributed by atoms with Crippen LogP contribution in [-0.2, 0) is 9.63 Å². The molecule has 0 saturated heterocycles. The van der Waals surface area contributed by atoms with E-state index in [0.717, 1.165) is 18.5 Å². The minimum atomic E-state index is -0.593. The second-order valence-corrected chi connectivity index (χ2v) is 5.29. The van der Waals surface area contributed by atoms with Crippen molar-refractivity contribution in [2.75, 3.05) is 27.2 Å². The fourth-order valence-electron chi connectivity index (χ4n) is 2.05. The second kappa shape index (κ2) is 7.17. The van der Waals surface area contributed by atoms with Gasteiger partial charge in [0.25, 0.3) is 5.91 Å². The van der Waals surface area contributed by atoms with E-state index in [1.54, 1.807) is 12.1 Å². The fraction of sp³-hybridized carbons (Fsp3) is 0.467. The SMILES string of the molecule is CN(C)CCCNC(=O)C1CC(c2ccc(F)cc2)=NO1. The molecular formula is C15H20FN3O2. The number of hydrogen-bond donors (Lipinski definition) is 1. The molecule has 0 radical (unpaired) electrons. The molecule has 0 aromatic heterocycles. The number of oxime groups is 1. The highest BCUT2D eigenvalue weighted by Crippen LogP contribution is 2.17. The van der Waals surface area contributed by atoms with Gasteiger partial charge in [-0.15, -0.1) is 0 Å². The van der Waals surface area contributed by atoms with Gasteiger partial charge in [-0.2, -0.15) is 0 Å². The van der Waals surface area contributed by atoms with Gasteiger partial charge in [0.15, 0.2) is 0 Å². The molecule has 0 aliphatic carbocycles. The van der Waals surface area contributed by atoms with Gasteiger partial charge in [-0.25, -0.2) is 4.39 Å². The van der Waals surface area contributed by atoms with Gasteiger partial charge in [0.2, 0.25) is 6.10 Å². The van der Waals surface area contributed by atoms with E-state index in [-0.39, 0.29) is 11.7 Å². The van der Waals surface area contributed by atoms with Gasteiger partial charge in [-0.3, -0.25) is 4.79 Å². The summed E-state index contributed by atoms with van der Waals surface area (Å²) in [6.45, 7) is 1.53. The average Bonchev–Trinajstić information content (AvgIpc) is 2.94. The molecule has 1 N–H and O–H groups in total. The van der Waals surface area contributed by atoms with Crippen LogP contribution in [0.4, 0.5) is 4.39 Å². The van der Waals surface area contributed by atoms with Crippen LogP contribution in [0.1, 0.15) is 18.4 Å². The quantitative estimate of drug-likeness (QED) is 0.806. The lowest BCUT2D eigenvalue weighted by atomic mass is 10.0. The summed E-state index contributed by atoms with van der Waals surface area (Å²) in [6, 6.07) is 6.00. The van der Waals surface area contributed by atoms with E-state index in [1.165, 1.54) is 12.1 Å². The number of nitrogens with one attached hydrogen (secondary N) is 1. The Balaban J connectivity index is 1.78. The van der Waals surface area contributed by atoms with Crippen LogP contribution in [0.3, 0.4) is 0 Å². The Morgan fingerprint density at radius 3 is 2.81 bits per heavy atom. The molecule has 0 fully saturated rings. The summed E-state index contributed by atoms with van der Waals surface area (Å²) in [4.78, 5) is 19.2. The van der Waals surface area contributed by atoms with Gasteiger partial charge < -0.3 is 15.1 Å². The molecule has 1 unspecified atom stereocenters. The zero-order valence-corrected chi connectivity index (χ0v) is 12.3. The minimum Gasteiger partial charge on any atom is -0.382 e. The van der Waals surface area contributed by atoms with Crippen molar-refractivity contribution < 1.29 is 14.0 Å². The van der Waals surface area contributed by atoms with Gasteiger partial charge in [0.05, 0.1) is 5.71 Å². The maximum Gasteiger partial charge on any atom is 0.264 e. The molecule has 1 aliphatic rings. The van der Waals surface area contributed by atoms with Gasteiger partial charge in [-0.05, 0) is 44.8 Å². The van der Waals surface area contributed by atoms with Crippen molar-refractivity contribution in [1.82, 2.24) is 10.2 Å². The molecule has 1 aromatic rings. The highest BCUT2D eigenvalue weighted by atomic mass is 19.1. The molecule has 1 atom stereocenters. The van der Waals surface area contributed by atoms with Crippen molar-refractivity contribution in [3.8, 4) is 0 Å². The van der Waals surface area contributed by atoms with Crippen molar-refractivity contribution >= 4 is 11.6 Å². The maximum atomic E-state index is 12.9. The van der Waals surface area contributed by atoms with Gasteiger partial charge >= 0.3 is 0 Å². The molecule has 1 heterocycles. The van der Waals surface area contributed by atoms with Crippen molar-refractivity contribution in [1.29, 1.82) is 0 Å². The first kappa shape index (κ1) is 15.4. The van der Waals surface area contributed by atoms with E-state index < -0.39 is 6.10 Å². The average molecular weight is 293 g/mol. The minimum absolute atomic E-state index is 0.158. The number of amides is 1. The summed E-state index contributed by atoms with van der Waals surface area (Å²) in [6.07, 6.45) is 0.701. The molecule has 114 valence electrons. The largest absolute Gasteiger partial charge is 0.382 e. The van der Waals surface area contributed by atoms with Crippen LogP contribution in [0.2, 0.25) is 0 Å². The number of hydrogen-bond acceptors (Lipinski definition) is 4. The first-order valence-electron chi connectivity index (χ1n) is 6.97. The molecule has 0 saturated carbocycles. The Hall–Kier alpha value is -1.95. The van der Waals surface area contributed by atoms with E-state index in [4.69, 9.17) is 4.84 Å². The molecule has 0 bridgehead atoms. The van der Waals surface area contributed by atoms with E-state index in [1.807, 2.05) is 14.1 Å². The Morgan fingerprint density at radius 1 is 1.43 bits per heavy atom. The summed E-state index contributed by atoms with van der Waals surface area (Å²) in [5.41, 5.74) is 1.45. The lowest BCUT2D eigenvalue weighted by Gasteiger charge is -2.11. The van der Waals surface area contributed by atoms with Crippen LogP contribution in [-0.4, -0.2) is 49.8 Å². The molecule has 2 rings (SSSR count). The zero-order chi connectivity index (χ0) is 15.2. The number of benzene rings is 1. The molecule has 21 heavy (non-hydrogen) atoms. The Morgan fingerprint density at radius 2 is 2.14 bits per heavy atom. The third-order valence-corrected chi connectivity index (χ3v) is 3.22. The number of carbonyl (C=O) groups is 1. The van der Waals surface area contributed by atoms with Crippen LogP contribution in [0.25, 0.3) is 0 Å². The van der Waals surface area contributed by atoms with E-state index in [9.17, 15) is 9.18 Å². The molecule has 5 nitrogen and oxygen atoms in total. The Labute approximate surface area is 123 Å². The fourth-order valence-corrected chi connectivity index (χ4v) is 2.05. The van der Waals surface area contributed by atoms with Crippen LogP contribution in [0, 0.1) is 5.82 Å². The molecule has 1 aromatic carbocycles. The lowest BCUT2D eigenvalue weighted by Crippen LogP contribution is -2.36. The maximum absolute atomic E-state index is 12.9. The molecule has 1 aliphatic heterocycles. The predicted octanol–water partition coefficient (Wildman–Crippen LogP) is 1.39. The second-order valence-electron chi connectivity index (χ2n) is 5.29. The summed E-state index contributed by atoms with van der Waals surface area (Å²) in [5.74, 6) is -0.455. The van der Waals surface area contributed by atoms with Crippen molar-refractivity contribution in [2.24, 2.45) is 5.16 Å². The van der Waals surface area contributed by atoms with Gasteiger partial charge in [-0.1, -0.05) is 17.3 Å². The third kappa shape index (κ3) is 4.53. The van der Waals surface area contributed by atoms with E-state index in [2.05, 4.69) is 15.4 Å². The monoisotopic (exact) mass is 293 g/mol. The van der Waals surface area contributed by atoms with Crippen molar-refractivity contribution in [3.63, 3.8) is 0 Å². The van der Waals surface area contributed by atoms with E-state index >= 15 is 0 Å². The first-order valence-corrected chi connectivity index (χ1v) is 6.97. The van der Waals surface area contributed by atoms with Crippen LogP contribution in [0.15, 0.2) is 29.4 Å². The molecular weight excluding hydrogens is 273 g/mol. The van der Waals surface area contributed by atoms with Crippen molar-refractivity contribution in [2.45, 2.75) is 18.9 Å². The number of halogens is 1. The molecule has 1 amide bonds. The summed E-state index contributed by atoms with van der Waals surface area (Å²) in [7, 11) is 3.98. The Kier molecular flexibility index (Phi) is 5.27. The van der Waals surface area contributed by atoms with Gasteiger partial charge in [0.1, 0.15) is 5.82 Å².